The summed E-state index contributed by atoms with van der Waals surface area (Å²) in [5, 5.41) is 0.789. The van der Waals surface area contributed by atoms with Crippen LogP contribution in [0.15, 0.2) is 22.4 Å². The van der Waals surface area contributed by atoms with Crippen molar-refractivity contribution in [2.75, 3.05) is 7.11 Å². The topological polar surface area (TPSA) is 63.6 Å². The quantitative estimate of drug-likeness (QED) is 0.840. The van der Waals surface area contributed by atoms with Crippen molar-refractivity contribution < 1.29 is 17.7 Å². The minimum absolute atomic E-state index is 0.00393. The van der Waals surface area contributed by atoms with Crippen LogP contribution in [0.4, 0.5) is 0 Å². The van der Waals surface area contributed by atoms with Gasteiger partial charge in [0.15, 0.2) is 4.21 Å². The third-order valence-corrected chi connectivity index (χ3v) is 5.06. The highest BCUT2D eigenvalue weighted by atomic mass is 32.3. The molecule has 0 saturated heterocycles. The Morgan fingerprint density at radius 2 is 2.06 bits per heavy atom. The fourth-order valence-corrected chi connectivity index (χ4v) is 3.66. The Balaban J connectivity index is 2.79. The summed E-state index contributed by atoms with van der Waals surface area (Å²) in [6.07, 6.45) is 0. The van der Waals surface area contributed by atoms with Gasteiger partial charge in [-0.3, -0.25) is 4.55 Å². The van der Waals surface area contributed by atoms with Gasteiger partial charge in [-0.05, 0) is 30.7 Å². The number of ether oxygens (including phenoxy) is 1. The highest BCUT2D eigenvalue weighted by molar-refractivity contribution is 7.88. The molecule has 2 rings (SSSR count). The van der Waals surface area contributed by atoms with Crippen molar-refractivity contribution in [3.63, 3.8) is 0 Å². The first-order chi connectivity index (χ1) is 7.43. The first kappa shape index (κ1) is 11.4. The molecule has 1 aromatic carbocycles. The average Bonchev–Trinajstić information content (AvgIpc) is 2.55. The molecule has 1 aromatic heterocycles. The Hall–Kier alpha value is -1.11. The van der Waals surface area contributed by atoms with Gasteiger partial charge in [0, 0.05) is 10.1 Å². The van der Waals surface area contributed by atoms with Crippen molar-refractivity contribution >= 4 is 31.5 Å². The van der Waals surface area contributed by atoms with Crippen molar-refractivity contribution in [1.82, 2.24) is 0 Å². The lowest BCUT2D eigenvalue weighted by Crippen LogP contribution is -1.96. The van der Waals surface area contributed by atoms with Crippen LogP contribution in [0.1, 0.15) is 5.56 Å². The zero-order valence-corrected chi connectivity index (χ0v) is 10.4. The van der Waals surface area contributed by atoms with Crippen molar-refractivity contribution in [2.24, 2.45) is 0 Å². The molecule has 4 nitrogen and oxygen atoms in total. The first-order valence-corrected chi connectivity index (χ1v) is 6.74. The molecule has 1 heterocycles. The summed E-state index contributed by atoms with van der Waals surface area (Å²) >= 11 is 1.06. The Morgan fingerprint density at radius 1 is 1.38 bits per heavy atom. The number of hydrogen-bond donors (Lipinski definition) is 1. The molecule has 0 saturated carbocycles. The molecular weight excluding hydrogens is 248 g/mol. The van der Waals surface area contributed by atoms with E-state index < -0.39 is 10.1 Å². The summed E-state index contributed by atoms with van der Waals surface area (Å²) in [6, 6.07) is 5.29. The van der Waals surface area contributed by atoms with Gasteiger partial charge >= 0.3 is 10.1 Å². The first-order valence-electron chi connectivity index (χ1n) is 4.48. The Kier molecular flexibility index (Phi) is 2.65. The Labute approximate surface area is 97.2 Å². The van der Waals surface area contributed by atoms with E-state index in [0.29, 0.717) is 11.3 Å². The monoisotopic (exact) mass is 258 g/mol. The summed E-state index contributed by atoms with van der Waals surface area (Å²) in [6.45, 7) is 1.67. The van der Waals surface area contributed by atoms with E-state index in [0.717, 1.165) is 21.4 Å². The lowest BCUT2D eigenvalue weighted by molar-refractivity contribution is 0.415. The predicted molar refractivity (Wildman–Crippen MR) is 62.9 cm³/mol. The molecule has 0 unspecified atom stereocenters. The SMILES string of the molecule is COc1ccc2sc(S(=O)(=O)O)c(C)c2c1. The van der Waals surface area contributed by atoms with Gasteiger partial charge in [-0.15, -0.1) is 11.3 Å². The molecule has 6 heteroatoms. The van der Waals surface area contributed by atoms with Crippen LogP contribution < -0.4 is 4.74 Å². The summed E-state index contributed by atoms with van der Waals surface area (Å²) in [7, 11) is -2.59. The molecule has 16 heavy (non-hydrogen) atoms. The van der Waals surface area contributed by atoms with Crippen LogP contribution in [0.2, 0.25) is 0 Å². The van der Waals surface area contributed by atoms with Crippen molar-refractivity contribution in [1.29, 1.82) is 0 Å². The third-order valence-electron chi connectivity index (χ3n) is 2.33. The van der Waals surface area contributed by atoms with Gasteiger partial charge in [0.1, 0.15) is 5.75 Å². The molecule has 2 aromatic rings. The van der Waals surface area contributed by atoms with E-state index in [1.807, 2.05) is 0 Å². The summed E-state index contributed by atoms with van der Waals surface area (Å²) < 4.78 is 37.1. The molecular formula is C10H10O4S2. The average molecular weight is 258 g/mol. The molecule has 0 aliphatic rings. The Bertz CT molecular complexity index is 640. The minimum atomic E-state index is -4.14. The van der Waals surface area contributed by atoms with E-state index >= 15 is 0 Å². The number of benzene rings is 1. The maximum atomic E-state index is 11.1. The van der Waals surface area contributed by atoms with Gasteiger partial charge < -0.3 is 4.74 Å². The molecule has 0 bridgehead atoms. The highest BCUT2D eigenvalue weighted by Crippen LogP contribution is 2.35. The van der Waals surface area contributed by atoms with Crippen LogP contribution in [-0.4, -0.2) is 20.1 Å². The van der Waals surface area contributed by atoms with Crippen LogP contribution in [0.25, 0.3) is 10.1 Å². The summed E-state index contributed by atoms with van der Waals surface area (Å²) in [4.78, 5) is 0. The predicted octanol–water partition coefficient (Wildman–Crippen LogP) is 2.47. The van der Waals surface area contributed by atoms with Crippen LogP contribution in [-0.2, 0) is 10.1 Å². The van der Waals surface area contributed by atoms with Crippen LogP contribution in [0.5, 0.6) is 5.75 Å². The largest absolute Gasteiger partial charge is 0.497 e. The van der Waals surface area contributed by atoms with Gasteiger partial charge in [-0.25, -0.2) is 0 Å². The molecule has 0 aliphatic carbocycles. The second-order valence-electron chi connectivity index (χ2n) is 3.35. The van der Waals surface area contributed by atoms with E-state index in [1.165, 1.54) is 0 Å². The molecule has 0 atom stereocenters. The summed E-state index contributed by atoms with van der Waals surface area (Å²) in [5.74, 6) is 0.662. The zero-order valence-electron chi connectivity index (χ0n) is 8.72. The molecule has 0 radical (unpaired) electrons. The smallest absolute Gasteiger partial charge is 0.304 e. The maximum Gasteiger partial charge on any atom is 0.304 e. The van der Waals surface area contributed by atoms with Gasteiger partial charge in [-0.2, -0.15) is 8.42 Å². The molecule has 0 spiro atoms. The van der Waals surface area contributed by atoms with Crippen LogP contribution in [0.3, 0.4) is 0 Å². The highest BCUT2D eigenvalue weighted by Gasteiger charge is 2.19. The number of thiophene rings is 1. The second-order valence-corrected chi connectivity index (χ2v) is 6.02. The van der Waals surface area contributed by atoms with Gasteiger partial charge in [0.05, 0.1) is 7.11 Å². The summed E-state index contributed by atoms with van der Waals surface area (Å²) in [5.41, 5.74) is 0.557. The molecule has 1 N–H and O–H groups in total. The van der Waals surface area contributed by atoms with Gasteiger partial charge in [0.2, 0.25) is 0 Å². The van der Waals surface area contributed by atoms with E-state index in [4.69, 9.17) is 9.29 Å². The lowest BCUT2D eigenvalue weighted by atomic mass is 10.2. The minimum Gasteiger partial charge on any atom is -0.497 e. The molecule has 0 amide bonds. The Morgan fingerprint density at radius 3 is 2.62 bits per heavy atom. The van der Waals surface area contributed by atoms with E-state index in [9.17, 15) is 8.42 Å². The van der Waals surface area contributed by atoms with Crippen LogP contribution >= 0.6 is 11.3 Å². The number of hydrogen-bond acceptors (Lipinski definition) is 4. The number of fused-ring (bicyclic) bond motifs is 1. The normalized spacial score (nSPS) is 11.9. The molecule has 0 fully saturated rings. The standard InChI is InChI=1S/C10H10O4S2/c1-6-8-5-7(14-2)3-4-9(8)15-10(6)16(11,12)13/h3-5H,1-2H3,(H,11,12,13). The van der Waals surface area contributed by atoms with E-state index in [2.05, 4.69) is 0 Å². The number of aryl methyl sites for hydroxylation is 1. The maximum absolute atomic E-state index is 11.1. The van der Waals surface area contributed by atoms with Crippen molar-refractivity contribution in [3.05, 3.63) is 23.8 Å². The number of methoxy groups -OCH3 is 1. The van der Waals surface area contributed by atoms with Gasteiger partial charge in [-0.1, -0.05) is 0 Å². The van der Waals surface area contributed by atoms with E-state index in [1.54, 1.807) is 32.2 Å². The second kappa shape index (κ2) is 3.73. The fourth-order valence-electron chi connectivity index (χ4n) is 1.55. The molecule has 86 valence electrons. The van der Waals surface area contributed by atoms with Crippen molar-refractivity contribution in [2.45, 2.75) is 11.1 Å². The van der Waals surface area contributed by atoms with E-state index in [-0.39, 0.29) is 4.21 Å². The number of rotatable bonds is 2. The lowest BCUT2D eigenvalue weighted by Gasteiger charge is -1.99. The molecule has 0 aliphatic heterocycles. The fraction of sp³-hybridized carbons (Fsp3) is 0.200. The van der Waals surface area contributed by atoms with Crippen LogP contribution in [0, 0.1) is 6.92 Å². The van der Waals surface area contributed by atoms with Crippen molar-refractivity contribution in [3.8, 4) is 5.75 Å². The van der Waals surface area contributed by atoms with Gasteiger partial charge in [0.25, 0.3) is 0 Å². The zero-order chi connectivity index (χ0) is 11.9. The third kappa shape index (κ3) is 1.79.